The van der Waals surface area contributed by atoms with Gasteiger partial charge in [-0.2, -0.15) is 0 Å². The number of hydrogen-bond acceptors (Lipinski definition) is 4. The molecule has 7 heteroatoms. The molecule has 37 heavy (non-hydrogen) atoms. The molecule has 0 aliphatic heterocycles. The number of aliphatic hydroxyl groups excluding tert-OH is 1. The molecule has 0 heterocycles. The summed E-state index contributed by atoms with van der Waals surface area (Å²) in [5, 5.41) is 10.0. The molecule has 3 N–H and O–H groups in total. The summed E-state index contributed by atoms with van der Waals surface area (Å²) in [4.78, 5) is 17.7. The van der Waals surface area contributed by atoms with E-state index in [9.17, 15) is 9.67 Å². The molecule has 3 saturated carbocycles. The molecule has 3 fully saturated rings. The third-order valence-corrected chi connectivity index (χ3v) is 11.7. The molecule has 0 saturated heterocycles. The summed E-state index contributed by atoms with van der Waals surface area (Å²) in [6, 6.07) is 0. The Labute approximate surface area is 225 Å². The quantitative estimate of drug-likeness (QED) is 0.195. The van der Waals surface area contributed by atoms with Crippen molar-refractivity contribution < 1.29 is 28.7 Å². The Bertz CT molecular complexity index is 853. The lowest BCUT2D eigenvalue weighted by atomic mass is 9.47. The average Bonchev–Trinajstić information content (AvgIpc) is 3.18. The zero-order valence-corrected chi connectivity index (χ0v) is 24.8. The second-order valence-electron chi connectivity index (χ2n) is 13.9. The predicted octanol–water partition coefficient (Wildman–Crippen LogP) is 6.88. The van der Waals surface area contributed by atoms with Crippen LogP contribution in [0.5, 0.6) is 0 Å². The van der Waals surface area contributed by atoms with Gasteiger partial charge in [-0.25, -0.2) is 4.57 Å². The summed E-state index contributed by atoms with van der Waals surface area (Å²) in [6.45, 7) is 12.0. The van der Waals surface area contributed by atoms with Crippen molar-refractivity contribution in [2.75, 3.05) is 13.2 Å². The van der Waals surface area contributed by atoms with E-state index in [0.717, 1.165) is 54.8 Å². The van der Waals surface area contributed by atoms with Gasteiger partial charge in [0.15, 0.2) is 0 Å². The fraction of sp³-hybridized carbons (Fsp3) is 0.933. The number of phosphoric ester groups is 1. The van der Waals surface area contributed by atoms with Crippen LogP contribution in [0.3, 0.4) is 0 Å². The van der Waals surface area contributed by atoms with Gasteiger partial charge < -0.3 is 19.6 Å². The number of phosphoric acid groups is 1. The van der Waals surface area contributed by atoms with Gasteiger partial charge in [0.05, 0.1) is 19.3 Å². The maximum Gasteiger partial charge on any atom is 0.469 e. The number of fused-ring (bicyclic) bond motifs is 5. The van der Waals surface area contributed by atoms with E-state index in [4.69, 9.17) is 14.5 Å². The van der Waals surface area contributed by atoms with Gasteiger partial charge in [0.25, 0.3) is 0 Å². The average molecular weight is 541 g/mol. The van der Waals surface area contributed by atoms with Crippen LogP contribution in [0.25, 0.3) is 0 Å². The van der Waals surface area contributed by atoms with Crippen LogP contribution in [0, 0.1) is 46.3 Å². The number of hydrogen-bond donors (Lipinski definition) is 3. The van der Waals surface area contributed by atoms with Crippen LogP contribution in [0.1, 0.15) is 105 Å². The Morgan fingerprint density at radius 3 is 2.49 bits per heavy atom. The fourth-order valence-electron chi connectivity index (χ4n) is 9.27. The lowest BCUT2D eigenvalue weighted by molar-refractivity contribution is -0.0744. The first-order valence-electron chi connectivity index (χ1n) is 15.0. The SMILES string of the molecule is CC(C)CCC[C@@H](C)[C@H]1CC[C@H]2[C@@H]3CC=C4C[C@@H](OCC(O)COP(=O)(O)O)CC[C@]4(C)[C@H]3CC[C@]12C. The molecule has 0 amide bonds. The van der Waals surface area contributed by atoms with E-state index in [2.05, 4.69) is 45.2 Å². The van der Waals surface area contributed by atoms with Crippen LogP contribution in [-0.2, 0) is 13.8 Å². The summed E-state index contributed by atoms with van der Waals surface area (Å²) < 4.78 is 21.3. The van der Waals surface area contributed by atoms with Crippen LogP contribution in [0.15, 0.2) is 11.6 Å². The van der Waals surface area contributed by atoms with Crippen molar-refractivity contribution in [1.29, 1.82) is 0 Å². The Morgan fingerprint density at radius 1 is 1.03 bits per heavy atom. The van der Waals surface area contributed by atoms with Gasteiger partial charge in [-0.15, -0.1) is 0 Å². The minimum atomic E-state index is -4.57. The molecule has 4 aliphatic rings. The van der Waals surface area contributed by atoms with Gasteiger partial charge in [-0.3, -0.25) is 4.52 Å². The molecule has 0 radical (unpaired) electrons. The van der Waals surface area contributed by atoms with Crippen LogP contribution in [0.2, 0.25) is 0 Å². The Kier molecular flexibility index (Phi) is 9.41. The zero-order chi connectivity index (χ0) is 27.0. The Balaban J connectivity index is 1.35. The van der Waals surface area contributed by atoms with Gasteiger partial charge in [-0.1, -0.05) is 65.5 Å². The highest BCUT2D eigenvalue weighted by atomic mass is 31.2. The van der Waals surface area contributed by atoms with E-state index in [1.54, 1.807) is 5.57 Å². The molecule has 1 unspecified atom stereocenters. The standard InChI is InChI=1S/C30H53O6P/c1-20(2)7-6-8-21(3)26-11-12-27-25-10-9-22-17-24(35-18-23(31)19-36-37(32,33)34)13-15-29(22,4)28(25)14-16-30(26,27)5/h9,20-21,23-28,31H,6-8,10-19H2,1-5H3,(H2,32,33,34)/t21-,23?,24+,25+,26-,27+,28+,29+,30-/m1/s1. The molecule has 0 spiro atoms. The van der Waals surface area contributed by atoms with E-state index in [0.29, 0.717) is 5.41 Å². The van der Waals surface area contributed by atoms with Gasteiger partial charge in [0, 0.05) is 0 Å². The highest BCUT2D eigenvalue weighted by Gasteiger charge is 2.59. The van der Waals surface area contributed by atoms with Gasteiger partial charge in [0.2, 0.25) is 0 Å². The largest absolute Gasteiger partial charge is 0.469 e. The second kappa shape index (κ2) is 11.7. The molecule has 0 aromatic rings. The summed E-state index contributed by atoms with van der Waals surface area (Å²) in [7, 11) is -4.57. The first-order chi connectivity index (χ1) is 17.3. The fourth-order valence-corrected chi connectivity index (χ4v) is 9.64. The zero-order valence-electron chi connectivity index (χ0n) is 23.9. The molecule has 0 aromatic carbocycles. The van der Waals surface area contributed by atoms with E-state index in [1.807, 2.05) is 0 Å². The van der Waals surface area contributed by atoms with Crippen molar-refractivity contribution in [3.05, 3.63) is 11.6 Å². The first-order valence-corrected chi connectivity index (χ1v) is 16.6. The third-order valence-electron chi connectivity index (χ3n) is 11.2. The third kappa shape index (κ3) is 6.57. The number of rotatable bonds is 11. The molecule has 214 valence electrons. The molecule has 6 nitrogen and oxygen atoms in total. The molecule has 9 atom stereocenters. The smallest absolute Gasteiger partial charge is 0.388 e. The van der Waals surface area contributed by atoms with Crippen molar-refractivity contribution in [2.45, 2.75) is 117 Å². The van der Waals surface area contributed by atoms with Gasteiger partial charge >= 0.3 is 7.82 Å². The summed E-state index contributed by atoms with van der Waals surface area (Å²) in [5.74, 6) is 4.97. The molecule has 0 bridgehead atoms. The topological polar surface area (TPSA) is 96.2 Å². The van der Waals surface area contributed by atoms with Crippen LogP contribution >= 0.6 is 7.82 Å². The van der Waals surface area contributed by atoms with Crippen molar-refractivity contribution in [2.24, 2.45) is 46.3 Å². The summed E-state index contributed by atoms with van der Waals surface area (Å²) in [5.41, 5.74) is 2.31. The van der Waals surface area contributed by atoms with Crippen molar-refractivity contribution in [3.63, 3.8) is 0 Å². The van der Waals surface area contributed by atoms with E-state index in [-0.39, 0.29) is 18.1 Å². The van der Waals surface area contributed by atoms with Crippen LogP contribution in [-0.4, -0.2) is 40.3 Å². The van der Waals surface area contributed by atoms with E-state index in [1.165, 1.54) is 51.4 Å². The van der Waals surface area contributed by atoms with Crippen molar-refractivity contribution in [3.8, 4) is 0 Å². The molecular formula is C30H53O6P. The minimum absolute atomic E-state index is 0.0396. The first kappa shape index (κ1) is 29.7. The summed E-state index contributed by atoms with van der Waals surface area (Å²) in [6.07, 6.45) is 15.5. The second-order valence-corrected chi connectivity index (χ2v) is 15.2. The lowest BCUT2D eigenvalue weighted by Gasteiger charge is -2.58. The molecular weight excluding hydrogens is 487 g/mol. The monoisotopic (exact) mass is 540 g/mol. The van der Waals surface area contributed by atoms with E-state index < -0.39 is 20.5 Å². The molecule has 4 aliphatic carbocycles. The molecule has 4 rings (SSSR count). The minimum Gasteiger partial charge on any atom is -0.388 e. The summed E-state index contributed by atoms with van der Waals surface area (Å²) >= 11 is 0. The van der Waals surface area contributed by atoms with Crippen LogP contribution < -0.4 is 0 Å². The van der Waals surface area contributed by atoms with Gasteiger partial charge in [0.1, 0.15) is 6.10 Å². The maximum atomic E-state index is 10.9. The Hall–Kier alpha value is -0.230. The van der Waals surface area contributed by atoms with E-state index >= 15 is 0 Å². The maximum absolute atomic E-state index is 10.9. The number of ether oxygens (including phenoxy) is 1. The van der Waals surface area contributed by atoms with Crippen LogP contribution in [0.4, 0.5) is 0 Å². The van der Waals surface area contributed by atoms with Gasteiger partial charge in [-0.05, 0) is 97.7 Å². The number of allylic oxidation sites excluding steroid dienone is 1. The van der Waals surface area contributed by atoms with Crippen molar-refractivity contribution in [1.82, 2.24) is 0 Å². The normalized spacial score (nSPS) is 39.5. The highest BCUT2D eigenvalue weighted by Crippen LogP contribution is 2.67. The highest BCUT2D eigenvalue weighted by molar-refractivity contribution is 7.46. The molecule has 0 aromatic heterocycles. The van der Waals surface area contributed by atoms with Crippen molar-refractivity contribution >= 4 is 7.82 Å². The predicted molar refractivity (Wildman–Crippen MR) is 147 cm³/mol. The lowest BCUT2D eigenvalue weighted by Crippen LogP contribution is -2.51. The number of aliphatic hydroxyl groups is 1. The Morgan fingerprint density at radius 2 is 1.78 bits per heavy atom.